The van der Waals surface area contributed by atoms with Crippen LogP contribution < -0.4 is 5.32 Å². The Bertz CT molecular complexity index is 210. The minimum atomic E-state index is 0.435. The number of hydrogen-bond donors (Lipinski definition) is 1. The Morgan fingerprint density at radius 3 is 2.26 bits per heavy atom. The Balaban J connectivity index is 4.31. The van der Waals surface area contributed by atoms with Crippen LogP contribution in [0.3, 0.4) is 0 Å². The molecule has 0 aromatic carbocycles. The van der Waals surface area contributed by atoms with Crippen LogP contribution in [0.2, 0.25) is 0 Å². The van der Waals surface area contributed by atoms with Crippen LogP contribution in [0.5, 0.6) is 0 Å². The highest BCUT2D eigenvalue weighted by Gasteiger charge is 2.22. The van der Waals surface area contributed by atoms with Gasteiger partial charge in [0.15, 0.2) is 0 Å². The van der Waals surface area contributed by atoms with E-state index in [-0.39, 0.29) is 0 Å². The molecule has 3 unspecified atom stereocenters. The quantitative estimate of drug-likeness (QED) is 0.632. The molecule has 0 aliphatic heterocycles. The van der Waals surface area contributed by atoms with E-state index in [0.717, 1.165) is 25.5 Å². The zero-order valence-corrected chi connectivity index (χ0v) is 14.4. The Morgan fingerprint density at radius 1 is 1.16 bits per heavy atom. The molecule has 0 spiro atoms. The summed E-state index contributed by atoms with van der Waals surface area (Å²) in [6.07, 6.45) is 4.94. The number of ether oxygens (including phenoxy) is 1. The van der Waals surface area contributed by atoms with E-state index >= 15 is 0 Å². The lowest BCUT2D eigenvalue weighted by atomic mass is 9.80. The summed E-state index contributed by atoms with van der Waals surface area (Å²) in [5.41, 5.74) is 0.435. The van der Waals surface area contributed by atoms with Gasteiger partial charge in [-0.15, -0.1) is 0 Å². The molecule has 0 fully saturated rings. The van der Waals surface area contributed by atoms with E-state index in [1.165, 1.54) is 19.3 Å². The molecule has 116 valence electrons. The maximum Gasteiger partial charge on any atom is 0.0465 e. The summed E-state index contributed by atoms with van der Waals surface area (Å²) in [6, 6.07) is 0.632. The van der Waals surface area contributed by atoms with Crippen molar-refractivity contribution in [2.45, 2.75) is 73.3 Å². The molecule has 2 nitrogen and oxygen atoms in total. The zero-order valence-electron chi connectivity index (χ0n) is 14.4. The molecule has 0 aliphatic carbocycles. The van der Waals surface area contributed by atoms with Crippen molar-refractivity contribution in [2.24, 2.45) is 17.3 Å². The molecule has 0 bridgehead atoms. The monoisotopic (exact) mass is 271 g/mol. The Morgan fingerprint density at radius 2 is 1.79 bits per heavy atom. The Labute approximate surface area is 121 Å². The van der Waals surface area contributed by atoms with Crippen molar-refractivity contribution in [1.29, 1.82) is 0 Å². The largest absolute Gasteiger partial charge is 0.385 e. The standard InChI is InChI=1S/C17H37NO/c1-8-10-18-16(15(3)9-11-19-7)12-14(2)13-17(4,5)6/h14-16,18H,8-13H2,1-7H3. The maximum absolute atomic E-state index is 5.22. The van der Waals surface area contributed by atoms with E-state index in [1.807, 2.05) is 0 Å². The van der Waals surface area contributed by atoms with Crippen molar-refractivity contribution in [2.75, 3.05) is 20.3 Å². The summed E-state index contributed by atoms with van der Waals surface area (Å²) in [6.45, 7) is 16.0. The molecule has 0 aromatic heterocycles. The predicted octanol–water partition coefficient (Wildman–Crippen LogP) is 4.49. The molecule has 0 aromatic rings. The third-order valence-corrected chi connectivity index (χ3v) is 3.74. The summed E-state index contributed by atoms with van der Waals surface area (Å²) < 4.78 is 5.22. The van der Waals surface area contributed by atoms with Crippen LogP contribution in [0.1, 0.15) is 67.2 Å². The minimum Gasteiger partial charge on any atom is -0.385 e. The second-order valence-corrected chi connectivity index (χ2v) is 7.43. The van der Waals surface area contributed by atoms with Crippen LogP contribution in [-0.4, -0.2) is 26.3 Å². The molecule has 0 amide bonds. The molecule has 0 radical (unpaired) electrons. The molecular formula is C17H37NO. The average Bonchev–Trinajstić information content (AvgIpc) is 2.29. The highest BCUT2D eigenvalue weighted by atomic mass is 16.5. The normalized spacial score (nSPS) is 17.2. The van der Waals surface area contributed by atoms with Gasteiger partial charge in [-0.25, -0.2) is 0 Å². The third kappa shape index (κ3) is 10.4. The summed E-state index contributed by atoms with van der Waals surface area (Å²) in [5.74, 6) is 1.47. The van der Waals surface area contributed by atoms with Crippen LogP contribution in [0.15, 0.2) is 0 Å². The molecule has 2 heteroatoms. The average molecular weight is 271 g/mol. The van der Waals surface area contributed by atoms with Gasteiger partial charge >= 0.3 is 0 Å². The smallest absolute Gasteiger partial charge is 0.0465 e. The lowest BCUT2D eigenvalue weighted by Gasteiger charge is -2.30. The molecule has 1 N–H and O–H groups in total. The van der Waals surface area contributed by atoms with Crippen molar-refractivity contribution in [3.63, 3.8) is 0 Å². The van der Waals surface area contributed by atoms with Gasteiger partial charge in [0.25, 0.3) is 0 Å². The number of rotatable bonds is 10. The van der Waals surface area contributed by atoms with Crippen molar-refractivity contribution in [3.8, 4) is 0 Å². The van der Waals surface area contributed by atoms with Gasteiger partial charge in [-0.2, -0.15) is 0 Å². The molecule has 0 saturated carbocycles. The van der Waals surface area contributed by atoms with Crippen molar-refractivity contribution in [3.05, 3.63) is 0 Å². The first kappa shape index (κ1) is 18.9. The molecule has 0 heterocycles. The zero-order chi connectivity index (χ0) is 14.9. The van der Waals surface area contributed by atoms with E-state index < -0.39 is 0 Å². The number of hydrogen-bond acceptors (Lipinski definition) is 2. The molecule has 3 atom stereocenters. The molecule has 0 rings (SSSR count). The maximum atomic E-state index is 5.22. The Hall–Kier alpha value is -0.0800. The van der Waals surface area contributed by atoms with Crippen LogP contribution in [0.4, 0.5) is 0 Å². The first-order valence-electron chi connectivity index (χ1n) is 8.02. The van der Waals surface area contributed by atoms with E-state index in [0.29, 0.717) is 17.4 Å². The fourth-order valence-electron chi connectivity index (χ4n) is 2.91. The second kappa shape index (κ2) is 9.77. The highest BCUT2D eigenvalue weighted by Crippen LogP contribution is 2.28. The lowest BCUT2D eigenvalue weighted by molar-refractivity contribution is 0.162. The van der Waals surface area contributed by atoms with Gasteiger partial charge in [-0.1, -0.05) is 41.5 Å². The van der Waals surface area contributed by atoms with Crippen molar-refractivity contribution >= 4 is 0 Å². The van der Waals surface area contributed by atoms with E-state index in [2.05, 4.69) is 46.9 Å². The first-order valence-corrected chi connectivity index (χ1v) is 8.02. The van der Waals surface area contributed by atoms with Gasteiger partial charge in [0.1, 0.15) is 0 Å². The summed E-state index contributed by atoms with van der Waals surface area (Å²) >= 11 is 0. The number of methoxy groups -OCH3 is 1. The SMILES string of the molecule is CCCNC(CC(C)CC(C)(C)C)C(C)CCOC. The van der Waals surface area contributed by atoms with Gasteiger partial charge in [0.05, 0.1) is 0 Å². The fraction of sp³-hybridized carbons (Fsp3) is 1.00. The highest BCUT2D eigenvalue weighted by molar-refractivity contribution is 4.78. The van der Waals surface area contributed by atoms with Gasteiger partial charge in [-0.3, -0.25) is 0 Å². The lowest BCUT2D eigenvalue weighted by Crippen LogP contribution is -2.37. The molecule has 0 aliphatic rings. The van der Waals surface area contributed by atoms with Gasteiger partial charge < -0.3 is 10.1 Å². The van der Waals surface area contributed by atoms with Crippen LogP contribution in [0.25, 0.3) is 0 Å². The van der Waals surface area contributed by atoms with E-state index in [1.54, 1.807) is 7.11 Å². The Kier molecular flexibility index (Phi) is 9.72. The molecule has 19 heavy (non-hydrogen) atoms. The third-order valence-electron chi connectivity index (χ3n) is 3.74. The minimum absolute atomic E-state index is 0.435. The topological polar surface area (TPSA) is 21.3 Å². The van der Waals surface area contributed by atoms with Gasteiger partial charge in [0, 0.05) is 19.8 Å². The van der Waals surface area contributed by atoms with Gasteiger partial charge in [-0.05, 0) is 49.5 Å². The molecule has 0 saturated heterocycles. The van der Waals surface area contributed by atoms with Crippen LogP contribution in [-0.2, 0) is 4.74 Å². The summed E-state index contributed by atoms with van der Waals surface area (Å²) in [7, 11) is 1.80. The van der Waals surface area contributed by atoms with Crippen molar-refractivity contribution < 1.29 is 4.74 Å². The first-order chi connectivity index (χ1) is 8.80. The van der Waals surface area contributed by atoms with Crippen molar-refractivity contribution in [1.82, 2.24) is 5.32 Å². The summed E-state index contributed by atoms with van der Waals surface area (Å²) in [4.78, 5) is 0. The van der Waals surface area contributed by atoms with E-state index in [9.17, 15) is 0 Å². The van der Waals surface area contributed by atoms with Crippen LogP contribution >= 0.6 is 0 Å². The van der Waals surface area contributed by atoms with Gasteiger partial charge in [0.2, 0.25) is 0 Å². The fourth-order valence-corrected chi connectivity index (χ4v) is 2.91. The predicted molar refractivity (Wildman–Crippen MR) is 85.6 cm³/mol. The summed E-state index contributed by atoms with van der Waals surface area (Å²) in [5, 5.41) is 3.74. The second-order valence-electron chi connectivity index (χ2n) is 7.43. The van der Waals surface area contributed by atoms with E-state index in [4.69, 9.17) is 4.74 Å². The molecular weight excluding hydrogens is 234 g/mol. The van der Waals surface area contributed by atoms with Crippen LogP contribution in [0, 0.1) is 17.3 Å². The number of nitrogens with one attached hydrogen (secondary N) is 1.